The summed E-state index contributed by atoms with van der Waals surface area (Å²) in [5, 5.41) is 0. The van der Waals surface area contributed by atoms with Crippen molar-refractivity contribution >= 4 is 10.0 Å². The smallest absolute Gasteiger partial charge is 0.207 e. The number of nitrogens with zero attached hydrogens (tertiary/aromatic N) is 1. The fraction of sp³-hybridized carbons (Fsp3) is 0.684. The standard InChI is InChI=1S/C19H31NO2S/c1-3-4-5-7-10-17-13-15-19(16-14-17)23(21,22)20(2)18-11-8-6-9-12-18/h13-16,18H,3-12H2,1-2H3. The van der Waals surface area contributed by atoms with E-state index in [9.17, 15) is 8.42 Å². The third-order valence-corrected chi connectivity index (χ3v) is 6.93. The van der Waals surface area contributed by atoms with Gasteiger partial charge in [0.1, 0.15) is 0 Å². The van der Waals surface area contributed by atoms with Crippen molar-refractivity contribution in [3.05, 3.63) is 29.8 Å². The van der Waals surface area contributed by atoms with Gasteiger partial charge in [-0.15, -0.1) is 0 Å². The average molecular weight is 338 g/mol. The van der Waals surface area contributed by atoms with Gasteiger partial charge in [-0.25, -0.2) is 8.42 Å². The van der Waals surface area contributed by atoms with Crippen molar-refractivity contribution in [1.29, 1.82) is 0 Å². The molecule has 0 bridgehead atoms. The number of rotatable bonds is 8. The molecule has 1 fully saturated rings. The van der Waals surface area contributed by atoms with Crippen LogP contribution in [0, 0.1) is 0 Å². The van der Waals surface area contributed by atoms with Gasteiger partial charge in [0.05, 0.1) is 4.90 Å². The van der Waals surface area contributed by atoms with E-state index in [1.807, 2.05) is 12.1 Å². The minimum atomic E-state index is -3.35. The molecule has 1 aliphatic carbocycles. The van der Waals surface area contributed by atoms with Crippen LogP contribution in [0.15, 0.2) is 29.2 Å². The van der Waals surface area contributed by atoms with E-state index < -0.39 is 10.0 Å². The summed E-state index contributed by atoms with van der Waals surface area (Å²) in [4.78, 5) is 0.433. The highest BCUT2D eigenvalue weighted by Crippen LogP contribution is 2.26. The fourth-order valence-electron chi connectivity index (χ4n) is 3.39. The van der Waals surface area contributed by atoms with E-state index in [1.165, 1.54) is 37.7 Å². The molecular formula is C19H31NO2S. The van der Waals surface area contributed by atoms with E-state index in [1.54, 1.807) is 23.5 Å². The Morgan fingerprint density at radius 1 is 1.00 bits per heavy atom. The van der Waals surface area contributed by atoms with Crippen LogP contribution < -0.4 is 0 Å². The molecule has 23 heavy (non-hydrogen) atoms. The van der Waals surface area contributed by atoms with Gasteiger partial charge in [-0.3, -0.25) is 0 Å². The van der Waals surface area contributed by atoms with Gasteiger partial charge in [0.2, 0.25) is 10.0 Å². The van der Waals surface area contributed by atoms with Gasteiger partial charge in [-0.2, -0.15) is 4.31 Å². The number of sulfonamides is 1. The van der Waals surface area contributed by atoms with Gasteiger partial charge in [0, 0.05) is 13.1 Å². The van der Waals surface area contributed by atoms with E-state index in [0.717, 1.165) is 32.1 Å². The van der Waals surface area contributed by atoms with E-state index in [0.29, 0.717) is 4.90 Å². The summed E-state index contributed by atoms with van der Waals surface area (Å²) in [6.07, 6.45) is 11.5. The van der Waals surface area contributed by atoms with Gasteiger partial charge in [0.25, 0.3) is 0 Å². The highest BCUT2D eigenvalue weighted by Gasteiger charge is 2.28. The van der Waals surface area contributed by atoms with Gasteiger partial charge in [-0.1, -0.05) is 57.6 Å². The Morgan fingerprint density at radius 2 is 1.65 bits per heavy atom. The molecule has 0 atom stereocenters. The molecule has 0 amide bonds. The maximum atomic E-state index is 12.8. The minimum Gasteiger partial charge on any atom is -0.207 e. The predicted octanol–water partition coefficient (Wildman–Crippen LogP) is 4.76. The predicted molar refractivity (Wildman–Crippen MR) is 96.1 cm³/mol. The quantitative estimate of drug-likeness (QED) is 0.641. The van der Waals surface area contributed by atoms with Gasteiger partial charge in [0.15, 0.2) is 0 Å². The molecule has 0 saturated heterocycles. The minimum absolute atomic E-state index is 0.169. The number of benzene rings is 1. The molecule has 1 saturated carbocycles. The first-order valence-corrected chi connectivity index (χ1v) is 10.6. The van der Waals surface area contributed by atoms with E-state index in [2.05, 4.69) is 6.92 Å². The lowest BCUT2D eigenvalue weighted by Crippen LogP contribution is -2.38. The number of hydrogen-bond donors (Lipinski definition) is 0. The summed E-state index contributed by atoms with van der Waals surface area (Å²) in [7, 11) is -1.61. The lowest BCUT2D eigenvalue weighted by atomic mass is 9.96. The maximum absolute atomic E-state index is 12.8. The number of aryl methyl sites for hydroxylation is 1. The van der Waals surface area contributed by atoms with Crippen molar-refractivity contribution in [2.24, 2.45) is 0 Å². The second-order valence-corrected chi connectivity index (χ2v) is 8.77. The Labute approximate surface area is 142 Å². The first kappa shape index (κ1) is 18.5. The van der Waals surface area contributed by atoms with Crippen LogP contribution in [0.25, 0.3) is 0 Å². The highest BCUT2D eigenvalue weighted by molar-refractivity contribution is 7.89. The summed E-state index contributed by atoms with van der Waals surface area (Å²) in [5.41, 5.74) is 1.24. The third kappa shape index (κ3) is 5.05. The van der Waals surface area contributed by atoms with E-state index in [-0.39, 0.29) is 6.04 Å². The van der Waals surface area contributed by atoms with Crippen LogP contribution in [-0.2, 0) is 16.4 Å². The SMILES string of the molecule is CCCCCCc1ccc(S(=O)(=O)N(C)C2CCCCC2)cc1. The first-order chi connectivity index (χ1) is 11.1. The molecule has 0 aromatic heterocycles. The monoisotopic (exact) mass is 337 g/mol. The first-order valence-electron chi connectivity index (χ1n) is 9.12. The Balaban J connectivity index is 1.99. The number of hydrogen-bond acceptors (Lipinski definition) is 2. The molecule has 0 spiro atoms. The second-order valence-electron chi connectivity index (χ2n) is 6.77. The molecule has 1 aromatic rings. The molecule has 130 valence electrons. The molecule has 4 heteroatoms. The maximum Gasteiger partial charge on any atom is 0.243 e. The summed E-state index contributed by atoms with van der Waals surface area (Å²) >= 11 is 0. The number of unbranched alkanes of at least 4 members (excludes halogenated alkanes) is 3. The zero-order chi connectivity index (χ0) is 16.7. The van der Waals surface area contributed by atoms with Crippen molar-refractivity contribution in [3.8, 4) is 0 Å². The van der Waals surface area contributed by atoms with Crippen LogP contribution >= 0.6 is 0 Å². The highest BCUT2D eigenvalue weighted by atomic mass is 32.2. The summed E-state index contributed by atoms with van der Waals surface area (Å²) in [5.74, 6) is 0. The van der Waals surface area contributed by atoms with E-state index in [4.69, 9.17) is 0 Å². The average Bonchev–Trinajstić information content (AvgIpc) is 2.59. The molecule has 1 aromatic carbocycles. The topological polar surface area (TPSA) is 37.4 Å². The fourth-order valence-corrected chi connectivity index (χ4v) is 4.81. The lowest BCUT2D eigenvalue weighted by Gasteiger charge is -2.30. The van der Waals surface area contributed by atoms with Crippen molar-refractivity contribution in [3.63, 3.8) is 0 Å². The molecule has 0 N–H and O–H groups in total. The van der Waals surface area contributed by atoms with Crippen LogP contribution in [0.4, 0.5) is 0 Å². The largest absolute Gasteiger partial charge is 0.243 e. The van der Waals surface area contributed by atoms with Gasteiger partial charge in [-0.05, 0) is 43.4 Å². The van der Waals surface area contributed by atoms with Gasteiger partial charge < -0.3 is 0 Å². The third-order valence-electron chi connectivity index (χ3n) is 5.01. The van der Waals surface area contributed by atoms with Crippen LogP contribution in [0.3, 0.4) is 0 Å². The molecule has 1 aliphatic rings. The summed E-state index contributed by atoms with van der Waals surface area (Å²) < 4.78 is 27.1. The zero-order valence-corrected chi connectivity index (χ0v) is 15.4. The zero-order valence-electron chi connectivity index (χ0n) is 14.6. The molecule has 0 radical (unpaired) electrons. The summed E-state index contributed by atoms with van der Waals surface area (Å²) in [6.45, 7) is 2.21. The molecular weight excluding hydrogens is 306 g/mol. The Hall–Kier alpha value is -0.870. The Morgan fingerprint density at radius 3 is 2.26 bits per heavy atom. The lowest BCUT2D eigenvalue weighted by molar-refractivity contribution is 0.286. The van der Waals surface area contributed by atoms with Crippen LogP contribution in [0.2, 0.25) is 0 Å². The van der Waals surface area contributed by atoms with Crippen molar-refractivity contribution in [2.75, 3.05) is 7.05 Å². The summed E-state index contributed by atoms with van der Waals surface area (Å²) in [6, 6.07) is 7.69. The normalized spacial score (nSPS) is 16.8. The van der Waals surface area contributed by atoms with Crippen LogP contribution in [-0.4, -0.2) is 25.8 Å². The second kappa shape index (κ2) is 8.84. The Bertz CT molecular complexity index is 560. The Kier molecular flexibility index (Phi) is 7.09. The van der Waals surface area contributed by atoms with Crippen molar-refractivity contribution in [1.82, 2.24) is 4.31 Å². The molecule has 0 aliphatic heterocycles. The van der Waals surface area contributed by atoms with Crippen LogP contribution in [0.5, 0.6) is 0 Å². The van der Waals surface area contributed by atoms with E-state index >= 15 is 0 Å². The molecule has 0 heterocycles. The molecule has 0 unspecified atom stereocenters. The molecule has 2 rings (SSSR count). The van der Waals surface area contributed by atoms with Crippen LogP contribution in [0.1, 0.15) is 70.3 Å². The molecule has 3 nitrogen and oxygen atoms in total. The van der Waals surface area contributed by atoms with Gasteiger partial charge >= 0.3 is 0 Å². The van der Waals surface area contributed by atoms with Crippen molar-refractivity contribution in [2.45, 2.75) is 82.1 Å². The van der Waals surface area contributed by atoms with Crippen molar-refractivity contribution < 1.29 is 8.42 Å².